The fourth-order valence-electron chi connectivity index (χ4n) is 2.50. The zero-order valence-corrected chi connectivity index (χ0v) is 15.0. The first-order valence-corrected chi connectivity index (χ1v) is 7.96. The number of likely N-dealkylation sites (N-methyl/N-ethyl adjacent to an activating group) is 1. The van der Waals surface area contributed by atoms with Gasteiger partial charge in [-0.25, -0.2) is 9.97 Å². The maximum Gasteiger partial charge on any atom is 0.275 e. The van der Waals surface area contributed by atoms with Gasteiger partial charge in [-0.2, -0.15) is 0 Å². The molecule has 1 heterocycles. The lowest BCUT2D eigenvalue weighted by molar-refractivity contribution is 0.102. The van der Waals surface area contributed by atoms with Crippen molar-refractivity contribution in [1.29, 1.82) is 0 Å². The molecule has 0 fully saturated rings. The van der Waals surface area contributed by atoms with Gasteiger partial charge in [0.25, 0.3) is 5.91 Å². The summed E-state index contributed by atoms with van der Waals surface area (Å²) in [5.74, 6) is 0.411. The summed E-state index contributed by atoms with van der Waals surface area (Å²) >= 11 is 0. The van der Waals surface area contributed by atoms with Crippen molar-refractivity contribution in [2.45, 2.75) is 20.8 Å². The number of hydrogen-bond donors (Lipinski definition) is 2. The second-order valence-corrected chi connectivity index (χ2v) is 6.24. The molecule has 0 radical (unpaired) electrons. The van der Waals surface area contributed by atoms with Crippen molar-refractivity contribution in [3.05, 3.63) is 46.9 Å². The van der Waals surface area contributed by atoms with Crippen LogP contribution >= 0.6 is 0 Å². The number of amides is 1. The molecule has 0 bridgehead atoms. The normalized spacial score (nSPS) is 10.8. The zero-order chi connectivity index (χ0) is 17.7. The molecular formula is C18H25N5O. The fourth-order valence-corrected chi connectivity index (χ4v) is 2.50. The molecule has 6 heteroatoms. The maximum atomic E-state index is 12.4. The minimum atomic E-state index is -0.252. The number of hydrogen-bond acceptors (Lipinski definition) is 5. The lowest BCUT2D eigenvalue weighted by atomic mass is 10.1. The van der Waals surface area contributed by atoms with Gasteiger partial charge in [-0.15, -0.1) is 0 Å². The highest BCUT2D eigenvalue weighted by Gasteiger charge is 2.12. The molecule has 2 aromatic rings. The molecule has 0 atom stereocenters. The third-order valence-corrected chi connectivity index (χ3v) is 3.67. The van der Waals surface area contributed by atoms with Gasteiger partial charge in [0.15, 0.2) is 0 Å². The van der Waals surface area contributed by atoms with Crippen LogP contribution in [0.15, 0.2) is 24.5 Å². The van der Waals surface area contributed by atoms with Crippen LogP contribution in [0.4, 0.5) is 11.5 Å². The average molecular weight is 327 g/mol. The fraction of sp³-hybridized carbons (Fsp3) is 0.389. The predicted molar refractivity (Wildman–Crippen MR) is 97.7 cm³/mol. The van der Waals surface area contributed by atoms with E-state index >= 15 is 0 Å². The molecule has 24 heavy (non-hydrogen) atoms. The van der Waals surface area contributed by atoms with Crippen molar-refractivity contribution in [3.8, 4) is 0 Å². The van der Waals surface area contributed by atoms with Crippen molar-refractivity contribution in [2.75, 3.05) is 37.8 Å². The van der Waals surface area contributed by atoms with E-state index in [4.69, 9.17) is 0 Å². The molecule has 0 saturated carbocycles. The highest BCUT2D eigenvalue weighted by atomic mass is 16.1. The van der Waals surface area contributed by atoms with Gasteiger partial charge in [0.1, 0.15) is 11.5 Å². The SMILES string of the molecule is Cc1cc(C)c(NC(=O)c2cnc(NCCN(C)C)cn2)c(C)c1. The zero-order valence-electron chi connectivity index (χ0n) is 15.0. The number of nitrogens with one attached hydrogen (secondary N) is 2. The van der Waals surface area contributed by atoms with Gasteiger partial charge in [0, 0.05) is 18.8 Å². The number of anilines is 2. The molecule has 1 aromatic heterocycles. The minimum absolute atomic E-state index is 0.252. The van der Waals surface area contributed by atoms with Gasteiger partial charge in [-0.05, 0) is 46.0 Å². The summed E-state index contributed by atoms with van der Waals surface area (Å²) in [6.07, 6.45) is 3.08. The summed E-state index contributed by atoms with van der Waals surface area (Å²) in [5.41, 5.74) is 4.38. The highest BCUT2D eigenvalue weighted by molar-refractivity contribution is 6.03. The predicted octanol–water partition coefficient (Wildman–Crippen LogP) is 2.63. The Kier molecular flexibility index (Phi) is 5.87. The van der Waals surface area contributed by atoms with Crippen LogP contribution in [0.1, 0.15) is 27.2 Å². The molecule has 0 saturated heterocycles. The van der Waals surface area contributed by atoms with Crippen LogP contribution in [0.3, 0.4) is 0 Å². The van der Waals surface area contributed by atoms with E-state index in [9.17, 15) is 4.79 Å². The van der Waals surface area contributed by atoms with Crippen molar-refractivity contribution in [3.63, 3.8) is 0 Å². The lowest BCUT2D eigenvalue weighted by Crippen LogP contribution is -2.21. The number of aryl methyl sites for hydroxylation is 3. The molecule has 1 amide bonds. The molecule has 2 N–H and O–H groups in total. The molecule has 1 aromatic carbocycles. The molecule has 0 aliphatic rings. The summed E-state index contributed by atoms with van der Waals surface area (Å²) in [6.45, 7) is 7.68. The molecule has 0 unspecified atom stereocenters. The monoisotopic (exact) mass is 327 g/mol. The van der Waals surface area contributed by atoms with Crippen LogP contribution in [-0.2, 0) is 0 Å². The van der Waals surface area contributed by atoms with Gasteiger partial charge in [-0.3, -0.25) is 4.79 Å². The molecule has 128 valence electrons. The Balaban J connectivity index is 2.03. The van der Waals surface area contributed by atoms with E-state index < -0.39 is 0 Å². The Hall–Kier alpha value is -2.47. The number of carbonyl (C=O) groups excluding carboxylic acids is 1. The summed E-state index contributed by atoms with van der Waals surface area (Å²) in [6, 6.07) is 4.10. The third-order valence-electron chi connectivity index (χ3n) is 3.67. The van der Waals surface area contributed by atoms with Crippen LogP contribution in [-0.4, -0.2) is 48.0 Å². The van der Waals surface area contributed by atoms with Crippen molar-refractivity contribution >= 4 is 17.4 Å². The van der Waals surface area contributed by atoms with Gasteiger partial charge in [0.05, 0.1) is 12.4 Å². The minimum Gasteiger partial charge on any atom is -0.368 e. The average Bonchev–Trinajstić information content (AvgIpc) is 2.51. The van der Waals surface area contributed by atoms with E-state index in [1.165, 1.54) is 11.8 Å². The first kappa shape index (κ1) is 17.9. The van der Waals surface area contributed by atoms with E-state index in [0.717, 1.165) is 29.9 Å². The van der Waals surface area contributed by atoms with E-state index in [0.29, 0.717) is 11.5 Å². The van der Waals surface area contributed by atoms with E-state index in [-0.39, 0.29) is 5.91 Å². The molecule has 0 spiro atoms. The Morgan fingerprint density at radius 2 is 1.75 bits per heavy atom. The van der Waals surface area contributed by atoms with Gasteiger partial charge >= 0.3 is 0 Å². The van der Waals surface area contributed by atoms with E-state index in [2.05, 4.69) is 25.5 Å². The van der Waals surface area contributed by atoms with Crippen LogP contribution < -0.4 is 10.6 Å². The van der Waals surface area contributed by atoms with Crippen molar-refractivity contribution in [2.24, 2.45) is 0 Å². The molecular weight excluding hydrogens is 302 g/mol. The van der Waals surface area contributed by atoms with Gasteiger partial charge in [-0.1, -0.05) is 17.7 Å². The smallest absolute Gasteiger partial charge is 0.275 e. The van der Waals surface area contributed by atoms with E-state index in [1.807, 2.05) is 47.0 Å². The number of rotatable bonds is 6. The van der Waals surface area contributed by atoms with Crippen LogP contribution in [0.25, 0.3) is 0 Å². The molecule has 0 aliphatic carbocycles. The summed E-state index contributed by atoms with van der Waals surface area (Å²) in [5, 5.41) is 6.10. The van der Waals surface area contributed by atoms with Crippen molar-refractivity contribution < 1.29 is 4.79 Å². The van der Waals surface area contributed by atoms with Gasteiger partial charge < -0.3 is 15.5 Å². The second-order valence-electron chi connectivity index (χ2n) is 6.24. The van der Waals surface area contributed by atoms with Crippen LogP contribution in [0.2, 0.25) is 0 Å². The number of benzene rings is 1. The number of aromatic nitrogens is 2. The Bertz CT molecular complexity index is 687. The number of nitrogens with zero attached hydrogens (tertiary/aromatic N) is 3. The molecule has 2 rings (SSSR count). The summed E-state index contributed by atoms with van der Waals surface area (Å²) in [7, 11) is 4.02. The topological polar surface area (TPSA) is 70.2 Å². The standard InChI is InChI=1S/C18H25N5O/c1-12-8-13(2)17(14(3)9-12)22-18(24)15-10-21-16(11-20-15)19-6-7-23(4)5/h8-11H,6-7H2,1-5H3,(H,19,21)(H,22,24). The largest absolute Gasteiger partial charge is 0.368 e. The third kappa shape index (κ3) is 4.76. The summed E-state index contributed by atoms with van der Waals surface area (Å²) < 4.78 is 0. The first-order valence-electron chi connectivity index (χ1n) is 7.96. The van der Waals surface area contributed by atoms with E-state index in [1.54, 1.807) is 6.20 Å². The lowest BCUT2D eigenvalue weighted by Gasteiger charge is -2.13. The Labute approximate surface area is 143 Å². The Morgan fingerprint density at radius 3 is 2.29 bits per heavy atom. The number of carbonyl (C=O) groups is 1. The maximum absolute atomic E-state index is 12.4. The second kappa shape index (κ2) is 7.88. The Morgan fingerprint density at radius 1 is 1.08 bits per heavy atom. The first-order chi connectivity index (χ1) is 11.4. The molecule has 0 aliphatic heterocycles. The van der Waals surface area contributed by atoms with Gasteiger partial charge in [0.2, 0.25) is 0 Å². The van der Waals surface area contributed by atoms with Crippen LogP contribution in [0, 0.1) is 20.8 Å². The summed E-state index contributed by atoms with van der Waals surface area (Å²) in [4.78, 5) is 22.9. The molecule has 6 nitrogen and oxygen atoms in total. The quantitative estimate of drug-likeness (QED) is 0.853. The van der Waals surface area contributed by atoms with Crippen molar-refractivity contribution in [1.82, 2.24) is 14.9 Å². The highest BCUT2D eigenvalue weighted by Crippen LogP contribution is 2.22. The van der Waals surface area contributed by atoms with Crippen LogP contribution in [0.5, 0.6) is 0 Å².